The zero-order chi connectivity index (χ0) is 7.56. The van der Waals surface area contributed by atoms with Crippen LogP contribution in [0, 0.1) is 11.6 Å². The molecule has 0 radical (unpaired) electrons. The van der Waals surface area contributed by atoms with Crippen molar-refractivity contribution in [3.63, 3.8) is 0 Å². The third-order valence-corrected chi connectivity index (χ3v) is 1.88. The molecule has 0 aliphatic carbocycles. The van der Waals surface area contributed by atoms with E-state index < -0.39 is 0 Å². The van der Waals surface area contributed by atoms with Crippen molar-refractivity contribution < 1.29 is 0 Å². The van der Waals surface area contributed by atoms with E-state index in [1.165, 1.54) is 0 Å². The van der Waals surface area contributed by atoms with Crippen molar-refractivity contribution in [2.75, 3.05) is 0 Å². The highest BCUT2D eigenvalue weighted by molar-refractivity contribution is 7.71. The number of rotatable bonds is 1. The third-order valence-electron chi connectivity index (χ3n) is 1.53. The molecule has 1 N–H and O–H groups in total. The minimum Gasteiger partial charge on any atom is -0.350 e. The van der Waals surface area contributed by atoms with Gasteiger partial charge in [0.25, 0.3) is 0 Å². The van der Waals surface area contributed by atoms with Crippen molar-refractivity contribution in [1.82, 2.24) is 9.97 Å². The Hall–Kier alpha value is -0.700. The highest BCUT2D eigenvalue weighted by Gasteiger charge is 1.95. The maximum atomic E-state index is 5.01. The Morgan fingerprint density at radius 2 is 2.40 bits per heavy atom. The van der Waals surface area contributed by atoms with Crippen LogP contribution in [0.25, 0.3) is 0 Å². The fourth-order valence-electron chi connectivity index (χ4n) is 0.930. The summed E-state index contributed by atoms with van der Waals surface area (Å²) in [4.78, 5) is 6.98. The van der Waals surface area contributed by atoms with Crippen molar-refractivity contribution in [3.8, 4) is 0 Å². The molecule has 1 aromatic heterocycles. The molecular formula is C7H10N2S. The Bertz CT molecular complexity index is 277. The van der Waals surface area contributed by atoms with E-state index in [2.05, 4.69) is 16.9 Å². The van der Waals surface area contributed by atoms with Gasteiger partial charge in [0.1, 0.15) is 4.64 Å². The van der Waals surface area contributed by atoms with Crippen molar-refractivity contribution >= 4 is 12.2 Å². The Kier molecular flexibility index (Phi) is 2.17. The zero-order valence-corrected chi connectivity index (χ0v) is 6.96. The lowest BCUT2D eigenvalue weighted by atomic mass is 10.2. The molecule has 1 aromatic rings. The van der Waals surface area contributed by atoms with E-state index >= 15 is 0 Å². The maximum Gasteiger partial charge on any atom is 0.132 e. The highest BCUT2D eigenvalue weighted by atomic mass is 32.1. The largest absolute Gasteiger partial charge is 0.350 e. The van der Waals surface area contributed by atoms with Crippen LogP contribution in [0.2, 0.25) is 0 Å². The number of H-pyrrole nitrogens is 1. The van der Waals surface area contributed by atoms with Gasteiger partial charge in [0.05, 0.1) is 6.33 Å². The molecule has 0 saturated heterocycles. The molecule has 0 spiro atoms. The number of aromatic amines is 1. The number of nitrogens with zero attached hydrogens (tertiary/aromatic N) is 1. The molecule has 54 valence electrons. The van der Waals surface area contributed by atoms with Crippen molar-refractivity contribution in [2.45, 2.75) is 20.3 Å². The van der Waals surface area contributed by atoms with Gasteiger partial charge in [-0.05, 0) is 13.3 Å². The second-order valence-corrected chi connectivity index (χ2v) is 2.55. The average molecular weight is 154 g/mol. The molecule has 0 atom stereocenters. The first-order chi connectivity index (χ1) is 4.75. The predicted molar refractivity (Wildman–Crippen MR) is 43.5 cm³/mol. The van der Waals surface area contributed by atoms with E-state index in [9.17, 15) is 0 Å². The lowest BCUT2D eigenvalue weighted by Gasteiger charge is -1.99. The second-order valence-electron chi connectivity index (χ2n) is 2.16. The van der Waals surface area contributed by atoms with Gasteiger partial charge in [-0.1, -0.05) is 19.1 Å². The van der Waals surface area contributed by atoms with E-state index in [1.807, 2.05) is 6.92 Å². The first kappa shape index (κ1) is 7.41. The van der Waals surface area contributed by atoms with Gasteiger partial charge < -0.3 is 4.98 Å². The van der Waals surface area contributed by atoms with Crippen LogP contribution in [-0.4, -0.2) is 9.97 Å². The van der Waals surface area contributed by atoms with Crippen LogP contribution >= 0.6 is 12.2 Å². The molecule has 0 aliphatic heterocycles. The van der Waals surface area contributed by atoms with Gasteiger partial charge in [0.15, 0.2) is 0 Å². The summed E-state index contributed by atoms with van der Waals surface area (Å²) in [6.07, 6.45) is 2.59. The van der Waals surface area contributed by atoms with E-state index in [0.29, 0.717) is 0 Å². The summed E-state index contributed by atoms with van der Waals surface area (Å²) in [6, 6.07) is 0. The zero-order valence-electron chi connectivity index (χ0n) is 6.14. The number of aryl methyl sites for hydroxylation is 1. The van der Waals surface area contributed by atoms with Crippen LogP contribution in [0.1, 0.15) is 18.2 Å². The molecule has 3 heteroatoms. The lowest BCUT2D eigenvalue weighted by Crippen LogP contribution is -1.93. The molecule has 10 heavy (non-hydrogen) atoms. The molecule has 0 fully saturated rings. The molecule has 1 heterocycles. The molecular weight excluding hydrogens is 144 g/mol. The molecule has 0 aliphatic rings. The van der Waals surface area contributed by atoms with Crippen LogP contribution in [-0.2, 0) is 6.42 Å². The summed E-state index contributed by atoms with van der Waals surface area (Å²) in [5.74, 6) is 0. The molecule has 1 rings (SSSR count). The summed E-state index contributed by atoms with van der Waals surface area (Å²) in [6.45, 7) is 4.09. The van der Waals surface area contributed by atoms with Gasteiger partial charge >= 0.3 is 0 Å². The number of hydrogen-bond acceptors (Lipinski definition) is 2. The van der Waals surface area contributed by atoms with Crippen molar-refractivity contribution in [2.24, 2.45) is 0 Å². The van der Waals surface area contributed by atoms with Crippen LogP contribution in [0.3, 0.4) is 0 Å². The van der Waals surface area contributed by atoms with E-state index in [4.69, 9.17) is 12.2 Å². The third kappa shape index (κ3) is 1.24. The minimum absolute atomic E-state index is 0.721. The minimum atomic E-state index is 0.721. The average Bonchev–Trinajstić information content (AvgIpc) is 1.88. The smallest absolute Gasteiger partial charge is 0.132 e. The van der Waals surface area contributed by atoms with E-state index in [0.717, 1.165) is 22.3 Å². The number of nitrogens with one attached hydrogen (secondary N) is 1. The lowest BCUT2D eigenvalue weighted by molar-refractivity contribution is 0.983. The summed E-state index contributed by atoms with van der Waals surface area (Å²) < 4.78 is 0.721. The van der Waals surface area contributed by atoms with Gasteiger partial charge in [-0.3, -0.25) is 0 Å². The summed E-state index contributed by atoms with van der Waals surface area (Å²) in [5, 5.41) is 0. The van der Waals surface area contributed by atoms with Gasteiger partial charge in [-0.2, -0.15) is 0 Å². The standard InChI is InChI=1S/C7H10N2S/c1-3-6-5(2)8-4-9-7(6)10/h4H,3H2,1-2H3,(H,8,9,10). The fourth-order valence-corrected chi connectivity index (χ4v) is 1.28. The van der Waals surface area contributed by atoms with Crippen molar-refractivity contribution in [1.29, 1.82) is 0 Å². The first-order valence-electron chi connectivity index (χ1n) is 3.29. The molecule has 0 aromatic carbocycles. The van der Waals surface area contributed by atoms with E-state index in [1.54, 1.807) is 6.33 Å². The first-order valence-corrected chi connectivity index (χ1v) is 3.69. The Balaban J connectivity index is 3.31. The highest BCUT2D eigenvalue weighted by Crippen LogP contribution is 2.03. The Morgan fingerprint density at radius 1 is 1.70 bits per heavy atom. The second kappa shape index (κ2) is 2.92. The quantitative estimate of drug-likeness (QED) is 0.627. The topological polar surface area (TPSA) is 28.7 Å². The summed E-state index contributed by atoms with van der Waals surface area (Å²) in [7, 11) is 0. The molecule has 0 saturated carbocycles. The van der Waals surface area contributed by atoms with Crippen LogP contribution in [0.15, 0.2) is 6.33 Å². The number of hydrogen-bond donors (Lipinski definition) is 1. The molecule has 0 unspecified atom stereocenters. The molecule has 2 nitrogen and oxygen atoms in total. The monoisotopic (exact) mass is 154 g/mol. The van der Waals surface area contributed by atoms with Gasteiger partial charge in [0, 0.05) is 11.3 Å². The number of aromatic nitrogens is 2. The van der Waals surface area contributed by atoms with Gasteiger partial charge in [-0.25, -0.2) is 4.98 Å². The van der Waals surface area contributed by atoms with E-state index in [-0.39, 0.29) is 0 Å². The van der Waals surface area contributed by atoms with Gasteiger partial charge in [0.2, 0.25) is 0 Å². The SMILES string of the molecule is CCc1c(C)[nH]cnc1=S. The molecule has 0 amide bonds. The van der Waals surface area contributed by atoms with Crippen LogP contribution in [0.4, 0.5) is 0 Å². The maximum absolute atomic E-state index is 5.01. The summed E-state index contributed by atoms with van der Waals surface area (Å²) in [5.41, 5.74) is 2.28. The summed E-state index contributed by atoms with van der Waals surface area (Å²) >= 11 is 5.01. The normalized spacial score (nSPS) is 9.80. The van der Waals surface area contributed by atoms with Crippen molar-refractivity contribution in [3.05, 3.63) is 22.2 Å². The predicted octanol–water partition coefficient (Wildman–Crippen LogP) is 2.01. The fraction of sp³-hybridized carbons (Fsp3) is 0.429. The van der Waals surface area contributed by atoms with Gasteiger partial charge in [-0.15, -0.1) is 0 Å². The van der Waals surface area contributed by atoms with Crippen LogP contribution < -0.4 is 0 Å². The Labute approximate surface area is 65.3 Å². The van der Waals surface area contributed by atoms with Crippen LogP contribution in [0.5, 0.6) is 0 Å². The Morgan fingerprint density at radius 3 is 2.80 bits per heavy atom. The molecule has 0 bridgehead atoms.